The van der Waals surface area contributed by atoms with Crippen LogP contribution < -0.4 is 5.32 Å². The Labute approximate surface area is 134 Å². The van der Waals surface area contributed by atoms with Gasteiger partial charge in [0.25, 0.3) is 0 Å². The van der Waals surface area contributed by atoms with Crippen molar-refractivity contribution >= 4 is 22.5 Å². The summed E-state index contributed by atoms with van der Waals surface area (Å²) in [5.41, 5.74) is 1.98. The monoisotopic (exact) mass is 308 g/mol. The summed E-state index contributed by atoms with van der Waals surface area (Å²) in [6, 6.07) is 16.0. The number of nitrogens with zero attached hydrogens (tertiary/aromatic N) is 1. The lowest BCUT2D eigenvalue weighted by atomic mass is 9.97. The maximum atomic E-state index is 13.8. The second kappa shape index (κ2) is 6.57. The first-order chi connectivity index (χ1) is 11.1. The highest BCUT2D eigenvalue weighted by molar-refractivity contribution is 6.00. The highest BCUT2D eigenvalue weighted by Crippen LogP contribution is 2.24. The number of carbonyl (C=O) groups is 1. The summed E-state index contributed by atoms with van der Waals surface area (Å²) >= 11 is 0. The number of nitrogens with one attached hydrogen (secondary N) is 1. The van der Waals surface area contributed by atoms with Crippen LogP contribution >= 0.6 is 0 Å². The van der Waals surface area contributed by atoms with Crippen molar-refractivity contribution in [1.29, 1.82) is 0 Å². The molecule has 0 saturated heterocycles. The van der Waals surface area contributed by atoms with E-state index in [0.717, 1.165) is 10.9 Å². The van der Waals surface area contributed by atoms with Crippen LogP contribution in [0.15, 0.2) is 60.8 Å². The molecule has 4 heteroatoms. The van der Waals surface area contributed by atoms with Crippen molar-refractivity contribution in [1.82, 2.24) is 4.98 Å². The third-order valence-electron chi connectivity index (χ3n) is 3.83. The number of para-hydroxylation sites is 1. The van der Waals surface area contributed by atoms with Gasteiger partial charge in [-0.05, 0) is 29.7 Å². The number of aromatic nitrogens is 1. The molecule has 0 aliphatic rings. The van der Waals surface area contributed by atoms with Crippen molar-refractivity contribution in [3.63, 3.8) is 0 Å². The Hall–Kier alpha value is -2.75. The highest BCUT2D eigenvalue weighted by Gasteiger charge is 2.15. The van der Waals surface area contributed by atoms with E-state index in [9.17, 15) is 9.18 Å². The zero-order valence-electron chi connectivity index (χ0n) is 12.8. The first-order valence-corrected chi connectivity index (χ1v) is 7.53. The van der Waals surface area contributed by atoms with E-state index in [1.165, 1.54) is 6.07 Å². The number of rotatable bonds is 4. The number of halogens is 1. The van der Waals surface area contributed by atoms with Gasteiger partial charge in [-0.15, -0.1) is 0 Å². The van der Waals surface area contributed by atoms with E-state index in [0.29, 0.717) is 11.3 Å². The normalized spacial score (nSPS) is 12.1. The number of anilines is 1. The van der Waals surface area contributed by atoms with E-state index in [2.05, 4.69) is 10.3 Å². The predicted octanol–water partition coefficient (Wildman–Crippen LogP) is 4.51. The van der Waals surface area contributed by atoms with E-state index < -0.39 is 0 Å². The average Bonchev–Trinajstić information content (AvgIpc) is 2.55. The first-order valence-electron chi connectivity index (χ1n) is 7.53. The number of benzene rings is 2. The number of pyridine rings is 1. The maximum absolute atomic E-state index is 13.8. The molecular formula is C19H17FN2O. The lowest BCUT2D eigenvalue weighted by Gasteiger charge is -2.13. The fourth-order valence-corrected chi connectivity index (χ4v) is 2.67. The molecule has 0 spiro atoms. The standard InChI is InChI=1S/C19H17FN2O/c1-13(15-8-2-3-9-16(15)20)12-18(23)22-17-10-4-6-14-7-5-11-21-19(14)17/h2-11,13H,12H2,1H3,(H,22,23). The molecule has 1 atom stereocenters. The zero-order valence-corrected chi connectivity index (χ0v) is 12.8. The highest BCUT2D eigenvalue weighted by atomic mass is 19.1. The third kappa shape index (κ3) is 3.37. The van der Waals surface area contributed by atoms with Crippen LogP contribution in [0.3, 0.4) is 0 Å². The van der Waals surface area contributed by atoms with Crippen molar-refractivity contribution < 1.29 is 9.18 Å². The van der Waals surface area contributed by atoms with Gasteiger partial charge in [-0.2, -0.15) is 0 Å². The van der Waals surface area contributed by atoms with Crippen LogP contribution in [0.5, 0.6) is 0 Å². The molecule has 2 aromatic carbocycles. The van der Waals surface area contributed by atoms with Crippen LogP contribution in [0.4, 0.5) is 10.1 Å². The lowest BCUT2D eigenvalue weighted by molar-refractivity contribution is -0.116. The molecule has 23 heavy (non-hydrogen) atoms. The van der Waals surface area contributed by atoms with Crippen molar-refractivity contribution in [2.45, 2.75) is 19.3 Å². The molecule has 0 saturated carbocycles. The van der Waals surface area contributed by atoms with Crippen LogP contribution in [0.25, 0.3) is 10.9 Å². The maximum Gasteiger partial charge on any atom is 0.225 e. The lowest BCUT2D eigenvalue weighted by Crippen LogP contribution is -2.15. The molecule has 0 radical (unpaired) electrons. The SMILES string of the molecule is CC(CC(=O)Nc1cccc2cccnc12)c1ccccc1F. The molecule has 1 heterocycles. The molecule has 116 valence electrons. The molecule has 3 nitrogen and oxygen atoms in total. The van der Waals surface area contributed by atoms with E-state index in [4.69, 9.17) is 0 Å². The Morgan fingerprint density at radius 2 is 1.91 bits per heavy atom. The smallest absolute Gasteiger partial charge is 0.225 e. The number of hydrogen-bond acceptors (Lipinski definition) is 2. The molecule has 0 bridgehead atoms. The Kier molecular flexibility index (Phi) is 4.33. The molecule has 0 aliphatic heterocycles. The Morgan fingerprint density at radius 1 is 1.13 bits per heavy atom. The van der Waals surface area contributed by atoms with Gasteiger partial charge in [0, 0.05) is 18.0 Å². The fourth-order valence-electron chi connectivity index (χ4n) is 2.67. The summed E-state index contributed by atoms with van der Waals surface area (Å²) in [6.07, 6.45) is 1.91. The first kappa shape index (κ1) is 15.2. The molecule has 1 N–H and O–H groups in total. The van der Waals surface area contributed by atoms with Crippen molar-refractivity contribution in [2.75, 3.05) is 5.32 Å². The molecule has 1 unspecified atom stereocenters. The molecule has 3 aromatic rings. The summed E-state index contributed by atoms with van der Waals surface area (Å²) in [4.78, 5) is 16.6. The summed E-state index contributed by atoms with van der Waals surface area (Å²) in [6.45, 7) is 1.85. The Morgan fingerprint density at radius 3 is 2.74 bits per heavy atom. The van der Waals surface area contributed by atoms with Gasteiger partial charge in [0.2, 0.25) is 5.91 Å². The summed E-state index contributed by atoms with van der Waals surface area (Å²) in [5.74, 6) is -0.627. The minimum atomic E-state index is -0.278. The number of fused-ring (bicyclic) bond motifs is 1. The number of amides is 1. The second-order valence-corrected chi connectivity index (χ2v) is 5.56. The molecular weight excluding hydrogens is 291 g/mol. The molecule has 1 aromatic heterocycles. The van der Waals surface area contributed by atoms with Crippen LogP contribution in [-0.4, -0.2) is 10.9 Å². The Bertz CT molecular complexity index is 842. The minimum Gasteiger partial charge on any atom is -0.324 e. The fraction of sp³-hybridized carbons (Fsp3) is 0.158. The van der Waals surface area contributed by atoms with Crippen LogP contribution in [-0.2, 0) is 4.79 Å². The summed E-state index contributed by atoms with van der Waals surface area (Å²) in [5, 5.41) is 3.85. The molecule has 0 fully saturated rings. The summed E-state index contributed by atoms with van der Waals surface area (Å²) < 4.78 is 13.8. The van der Waals surface area contributed by atoms with Gasteiger partial charge >= 0.3 is 0 Å². The zero-order chi connectivity index (χ0) is 16.2. The molecule has 1 amide bonds. The molecule has 3 rings (SSSR count). The Balaban J connectivity index is 1.75. The van der Waals surface area contributed by atoms with Gasteiger partial charge < -0.3 is 5.32 Å². The number of carbonyl (C=O) groups excluding carboxylic acids is 1. The topological polar surface area (TPSA) is 42.0 Å². The van der Waals surface area contributed by atoms with Gasteiger partial charge in [-0.3, -0.25) is 9.78 Å². The van der Waals surface area contributed by atoms with E-state index in [1.807, 2.05) is 37.3 Å². The average molecular weight is 308 g/mol. The predicted molar refractivity (Wildman–Crippen MR) is 89.8 cm³/mol. The minimum absolute atomic E-state index is 0.154. The molecule has 0 aliphatic carbocycles. The van der Waals surface area contributed by atoms with Gasteiger partial charge in [0.05, 0.1) is 11.2 Å². The van der Waals surface area contributed by atoms with Crippen LogP contribution in [0.1, 0.15) is 24.8 Å². The van der Waals surface area contributed by atoms with E-state index >= 15 is 0 Å². The quantitative estimate of drug-likeness (QED) is 0.770. The summed E-state index contributed by atoms with van der Waals surface area (Å²) in [7, 11) is 0. The second-order valence-electron chi connectivity index (χ2n) is 5.56. The third-order valence-corrected chi connectivity index (χ3v) is 3.83. The van der Waals surface area contributed by atoms with Gasteiger partial charge in [0.1, 0.15) is 5.82 Å². The van der Waals surface area contributed by atoms with Crippen molar-refractivity contribution in [3.05, 3.63) is 72.2 Å². The largest absolute Gasteiger partial charge is 0.324 e. The van der Waals surface area contributed by atoms with Crippen LogP contribution in [0, 0.1) is 5.82 Å². The van der Waals surface area contributed by atoms with Crippen molar-refractivity contribution in [3.8, 4) is 0 Å². The van der Waals surface area contributed by atoms with Gasteiger partial charge in [-0.25, -0.2) is 4.39 Å². The van der Waals surface area contributed by atoms with Crippen molar-refractivity contribution in [2.24, 2.45) is 0 Å². The van der Waals surface area contributed by atoms with Gasteiger partial charge in [-0.1, -0.05) is 43.3 Å². The van der Waals surface area contributed by atoms with Crippen LogP contribution in [0.2, 0.25) is 0 Å². The van der Waals surface area contributed by atoms with E-state index in [1.54, 1.807) is 24.4 Å². The van der Waals surface area contributed by atoms with Gasteiger partial charge in [0.15, 0.2) is 0 Å². The number of hydrogen-bond donors (Lipinski definition) is 1. The van der Waals surface area contributed by atoms with E-state index in [-0.39, 0.29) is 24.1 Å².